The quantitative estimate of drug-likeness (QED) is 0.569. The van der Waals surface area contributed by atoms with E-state index < -0.39 is 12.3 Å². The van der Waals surface area contributed by atoms with Gasteiger partial charge in [-0.15, -0.1) is 0 Å². The van der Waals surface area contributed by atoms with Gasteiger partial charge < -0.3 is 5.32 Å². The highest BCUT2D eigenvalue weighted by Gasteiger charge is 2.29. The van der Waals surface area contributed by atoms with Crippen molar-refractivity contribution < 1.29 is 13.6 Å². The van der Waals surface area contributed by atoms with Crippen LogP contribution in [0.1, 0.15) is 42.1 Å². The number of hydrogen-bond donors (Lipinski definition) is 1. The van der Waals surface area contributed by atoms with Crippen LogP contribution in [-0.4, -0.2) is 25.5 Å². The Morgan fingerprint density at radius 1 is 1.21 bits per heavy atom. The molecule has 152 valence electrons. The molecular weight excluding hydrogens is 423 g/mol. The lowest BCUT2D eigenvalue weighted by molar-refractivity contribution is -0.117. The smallest absolute Gasteiger partial charge is 0.280 e. The first kappa shape index (κ1) is 19.8. The summed E-state index contributed by atoms with van der Waals surface area (Å²) in [5.74, 6) is -0.175. The van der Waals surface area contributed by atoms with Crippen LogP contribution in [0, 0.1) is 0 Å². The van der Waals surface area contributed by atoms with Crippen molar-refractivity contribution in [2.75, 3.05) is 5.32 Å². The molecule has 0 bridgehead atoms. The number of carbonyl (C=O) groups is 1. The third kappa shape index (κ3) is 4.59. The van der Waals surface area contributed by atoms with Crippen molar-refractivity contribution in [1.82, 2.24) is 19.6 Å². The predicted octanol–water partition coefficient (Wildman–Crippen LogP) is 4.89. The molecule has 0 atom stereocenters. The summed E-state index contributed by atoms with van der Waals surface area (Å²) in [5.41, 5.74) is 1.18. The van der Waals surface area contributed by atoms with E-state index >= 15 is 0 Å². The molecule has 1 N–H and O–H groups in total. The van der Waals surface area contributed by atoms with E-state index in [4.69, 9.17) is 23.2 Å². The topological polar surface area (TPSA) is 64.7 Å². The Labute approximate surface area is 175 Å². The van der Waals surface area contributed by atoms with Gasteiger partial charge in [0.1, 0.15) is 17.3 Å². The van der Waals surface area contributed by atoms with Gasteiger partial charge in [0.25, 0.3) is 6.43 Å². The van der Waals surface area contributed by atoms with Crippen LogP contribution in [0.25, 0.3) is 0 Å². The lowest BCUT2D eigenvalue weighted by Gasteiger charge is -2.07. The second-order valence-electron chi connectivity index (χ2n) is 6.89. The van der Waals surface area contributed by atoms with Gasteiger partial charge in [0.15, 0.2) is 5.82 Å². The van der Waals surface area contributed by atoms with Crippen LogP contribution in [0.5, 0.6) is 0 Å². The van der Waals surface area contributed by atoms with Gasteiger partial charge in [-0.2, -0.15) is 10.2 Å². The van der Waals surface area contributed by atoms with Gasteiger partial charge in [-0.25, -0.2) is 8.78 Å². The summed E-state index contributed by atoms with van der Waals surface area (Å²) in [6.45, 7) is 0.0226. The summed E-state index contributed by atoms with van der Waals surface area (Å²) in [4.78, 5) is 12.4. The largest absolute Gasteiger partial charge is 0.306 e. The number of aromatic nitrogens is 4. The van der Waals surface area contributed by atoms with Crippen LogP contribution in [0.4, 0.5) is 14.6 Å². The Morgan fingerprint density at radius 3 is 2.66 bits per heavy atom. The minimum atomic E-state index is -2.71. The predicted molar refractivity (Wildman–Crippen MR) is 106 cm³/mol. The van der Waals surface area contributed by atoms with E-state index in [1.807, 2.05) is 18.2 Å². The van der Waals surface area contributed by atoms with Crippen LogP contribution >= 0.6 is 23.2 Å². The van der Waals surface area contributed by atoms with Gasteiger partial charge in [0.2, 0.25) is 5.91 Å². The molecule has 10 heteroatoms. The number of halogens is 4. The summed E-state index contributed by atoms with van der Waals surface area (Å²) in [6, 6.07) is 8.68. The summed E-state index contributed by atoms with van der Waals surface area (Å²) in [7, 11) is 0. The van der Waals surface area contributed by atoms with Gasteiger partial charge in [-0.3, -0.25) is 14.2 Å². The minimum Gasteiger partial charge on any atom is -0.306 e. The van der Waals surface area contributed by atoms with E-state index in [2.05, 4.69) is 15.5 Å². The zero-order chi connectivity index (χ0) is 20.5. The van der Waals surface area contributed by atoms with Crippen molar-refractivity contribution >= 4 is 34.9 Å². The Kier molecular flexibility index (Phi) is 5.56. The van der Waals surface area contributed by atoms with Crippen LogP contribution < -0.4 is 5.32 Å². The lowest BCUT2D eigenvalue weighted by Crippen LogP contribution is -2.21. The monoisotopic (exact) mass is 439 g/mol. The second-order valence-corrected chi connectivity index (χ2v) is 7.70. The van der Waals surface area contributed by atoms with E-state index in [1.54, 1.807) is 16.9 Å². The van der Waals surface area contributed by atoms with Crippen LogP contribution in [-0.2, 0) is 17.9 Å². The fourth-order valence-corrected chi connectivity index (χ4v) is 3.40. The maximum Gasteiger partial charge on any atom is 0.280 e. The van der Waals surface area contributed by atoms with Crippen molar-refractivity contribution in [2.45, 2.75) is 38.3 Å². The van der Waals surface area contributed by atoms with Crippen molar-refractivity contribution in [3.8, 4) is 0 Å². The van der Waals surface area contributed by atoms with Gasteiger partial charge in [0.05, 0.1) is 12.2 Å². The van der Waals surface area contributed by atoms with Crippen molar-refractivity contribution in [3.05, 3.63) is 63.5 Å². The standard InChI is InChI=1S/C19H17Cl2F2N5O/c20-13-4-2-1-3-12(13)8-27-9-14(21)19(26-27)24-17(29)10-28-16(18(22)23)7-15(25-28)11-5-6-11/h1-4,7,9,11,18H,5-6,8,10H2,(H,24,26,29). The number of anilines is 1. The van der Waals surface area contributed by atoms with Crippen molar-refractivity contribution in [1.29, 1.82) is 0 Å². The Morgan fingerprint density at radius 2 is 1.97 bits per heavy atom. The summed E-state index contributed by atoms with van der Waals surface area (Å²) in [6.07, 6.45) is 0.722. The zero-order valence-corrected chi connectivity index (χ0v) is 16.7. The highest BCUT2D eigenvalue weighted by Crippen LogP contribution is 2.40. The molecule has 0 radical (unpaired) electrons. The average molecular weight is 440 g/mol. The molecule has 3 aromatic rings. The second kappa shape index (κ2) is 8.12. The number of amides is 1. The molecule has 2 aromatic heterocycles. The molecular formula is C19H17Cl2F2N5O. The third-order valence-electron chi connectivity index (χ3n) is 4.61. The Bertz CT molecular complexity index is 1050. The van der Waals surface area contributed by atoms with Crippen molar-refractivity contribution in [2.24, 2.45) is 0 Å². The lowest BCUT2D eigenvalue weighted by atomic mass is 10.2. The molecule has 0 aliphatic heterocycles. The Balaban J connectivity index is 1.45. The van der Waals surface area contributed by atoms with Crippen LogP contribution in [0.3, 0.4) is 0 Å². The molecule has 0 saturated heterocycles. The van der Waals surface area contributed by atoms with Gasteiger partial charge in [0, 0.05) is 17.1 Å². The number of hydrogen-bond acceptors (Lipinski definition) is 3. The molecule has 1 aromatic carbocycles. The maximum absolute atomic E-state index is 13.3. The van der Waals surface area contributed by atoms with E-state index in [-0.39, 0.29) is 29.0 Å². The van der Waals surface area contributed by atoms with Crippen LogP contribution in [0.15, 0.2) is 36.5 Å². The number of nitrogens with zero attached hydrogens (tertiary/aromatic N) is 4. The normalized spacial score (nSPS) is 13.8. The highest BCUT2D eigenvalue weighted by molar-refractivity contribution is 6.33. The first-order chi connectivity index (χ1) is 13.9. The molecule has 2 heterocycles. The molecule has 29 heavy (non-hydrogen) atoms. The van der Waals surface area contributed by atoms with Gasteiger partial charge >= 0.3 is 0 Å². The molecule has 0 unspecified atom stereocenters. The molecule has 0 spiro atoms. The summed E-state index contributed by atoms with van der Waals surface area (Å²) >= 11 is 12.3. The molecule has 1 saturated carbocycles. The van der Waals surface area contributed by atoms with Gasteiger partial charge in [-0.1, -0.05) is 41.4 Å². The van der Waals surface area contributed by atoms with Crippen LogP contribution in [0.2, 0.25) is 10.0 Å². The number of carbonyl (C=O) groups excluding carboxylic acids is 1. The average Bonchev–Trinajstić information content (AvgIpc) is 3.34. The van der Waals surface area contributed by atoms with Crippen molar-refractivity contribution in [3.63, 3.8) is 0 Å². The molecule has 4 rings (SSSR count). The number of benzene rings is 1. The number of rotatable bonds is 7. The first-order valence-corrected chi connectivity index (χ1v) is 9.78. The van der Waals surface area contributed by atoms with E-state index in [9.17, 15) is 13.6 Å². The minimum absolute atomic E-state index is 0.150. The van der Waals surface area contributed by atoms with E-state index in [1.165, 1.54) is 6.07 Å². The summed E-state index contributed by atoms with van der Waals surface area (Å²) < 4.78 is 29.1. The SMILES string of the molecule is O=C(Cn1nc(C2CC2)cc1C(F)F)Nc1nn(Cc2ccccc2Cl)cc1Cl. The fourth-order valence-electron chi connectivity index (χ4n) is 3.00. The van der Waals surface area contributed by atoms with E-state index in [0.717, 1.165) is 23.1 Å². The van der Waals surface area contributed by atoms with Gasteiger partial charge in [-0.05, 0) is 30.5 Å². The first-order valence-electron chi connectivity index (χ1n) is 9.02. The molecule has 1 aliphatic rings. The molecule has 1 aliphatic carbocycles. The molecule has 1 amide bonds. The highest BCUT2D eigenvalue weighted by atomic mass is 35.5. The fraction of sp³-hybridized carbons (Fsp3) is 0.316. The van der Waals surface area contributed by atoms with E-state index in [0.29, 0.717) is 17.3 Å². The maximum atomic E-state index is 13.3. The summed E-state index contributed by atoms with van der Waals surface area (Å²) in [5, 5.41) is 11.8. The number of alkyl halides is 2. The Hall–Kier alpha value is -2.45. The molecule has 6 nitrogen and oxygen atoms in total. The third-order valence-corrected chi connectivity index (χ3v) is 5.25. The zero-order valence-electron chi connectivity index (χ0n) is 15.2. The number of nitrogens with one attached hydrogen (secondary N) is 1. The molecule has 1 fully saturated rings.